The van der Waals surface area contributed by atoms with Crippen molar-refractivity contribution in [2.75, 3.05) is 16.8 Å². The summed E-state index contributed by atoms with van der Waals surface area (Å²) < 4.78 is 0. The van der Waals surface area contributed by atoms with E-state index >= 15 is 0 Å². The fourth-order valence-electron chi connectivity index (χ4n) is 2.39. The van der Waals surface area contributed by atoms with E-state index in [-0.39, 0.29) is 12.1 Å². The van der Waals surface area contributed by atoms with Gasteiger partial charge in [0.25, 0.3) is 0 Å². The third-order valence-electron chi connectivity index (χ3n) is 3.61. The van der Waals surface area contributed by atoms with Crippen molar-refractivity contribution in [1.29, 1.82) is 0 Å². The van der Waals surface area contributed by atoms with Crippen molar-refractivity contribution >= 4 is 34.1 Å². The van der Waals surface area contributed by atoms with E-state index in [0.29, 0.717) is 17.2 Å². The van der Waals surface area contributed by atoms with Crippen LogP contribution in [-0.2, 0) is 0 Å². The molecule has 0 unspecified atom stereocenters. The van der Waals surface area contributed by atoms with Gasteiger partial charge in [-0.1, -0.05) is 12.1 Å². The maximum atomic E-state index is 12.1. The molecule has 0 radical (unpaired) electrons. The molecule has 118 valence electrons. The fourth-order valence-corrected chi connectivity index (χ4v) is 2.39. The SMILES string of the molecule is C[C@H](NC(=O)Nc1ccc2[nH]nc(N)c2c1)c1cccc(N)c1. The highest BCUT2D eigenvalue weighted by Gasteiger charge is 2.11. The first-order chi connectivity index (χ1) is 11.0. The first-order valence-electron chi connectivity index (χ1n) is 7.19. The molecule has 7 N–H and O–H groups in total. The number of carbonyl (C=O) groups is 1. The molecule has 3 rings (SSSR count). The fraction of sp³-hybridized carbons (Fsp3) is 0.125. The zero-order chi connectivity index (χ0) is 16.4. The minimum atomic E-state index is -0.304. The van der Waals surface area contributed by atoms with Crippen molar-refractivity contribution in [2.45, 2.75) is 13.0 Å². The molecular formula is C16H18N6O. The van der Waals surface area contributed by atoms with Gasteiger partial charge in [0.05, 0.1) is 11.6 Å². The molecule has 0 spiro atoms. The highest BCUT2D eigenvalue weighted by Crippen LogP contribution is 2.22. The smallest absolute Gasteiger partial charge is 0.319 e. The van der Waals surface area contributed by atoms with E-state index in [1.807, 2.05) is 31.2 Å². The number of nitrogens with one attached hydrogen (secondary N) is 3. The van der Waals surface area contributed by atoms with E-state index in [4.69, 9.17) is 11.5 Å². The van der Waals surface area contributed by atoms with Crippen molar-refractivity contribution < 1.29 is 4.79 Å². The van der Waals surface area contributed by atoms with Crippen LogP contribution in [-0.4, -0.2) is 16.2 Å². The third-order valence-corrected chi connectivity index (χ3v) is 3.61. The summed E-state index contributed by atoms with van der Waals surface area (Å²) in [6.45, 7) is 1.89. The Kier molecular flexibility index (Phi) is 3.76. The molecule has 1 aromatic heterocycles. The van der Waals surface area contributed by atoms with Crippen LogP contribution in [0, 0.1) is 0 Å². The predicted octanol–water partition coefficient (Wildman–Crippen LogP) is 2.61. The summed E-state index contributed by atoms with van der Waals surface area (Å²) in [5, 5.41) is 13.2. The summed E-state index contributed by atoms with van der Waals surface area (Å²) in [6.07, 6.45) is 0. The Bertz CT molecular complexity index is 857. The molecule has 2 aromatic carbocycles. The molecule has 7 heteroatoms. The first-order valence-corrected chi connectivity index (χ1v) is 7.19. The van der Waals surface area contributed by atoms with Gasteiger partial charge >= 0.3 is 6.03 Å². The number of rotatable bonds is 3. The number of carbonyl (C=O) groups excluding carboxylic acids is 1. The minimum absolute atomic E-state index is 0.166. The van der Waals surface area contributed by atoms with E-state index in [1.54, 1.807) is 18.2 Å². The van der Waals surface area contributed by atoms with Gasteiger partial charge < -0.3 is 22.1 Å². The van der Waals surface area contributed by atoms with Crippen LogP contribution in [0.25, 0.3) is 10.9 Å². The van der Waals surface area contributed by atoms with Gasteiger partial charge in [-0.15, -0.1) is 0 Å². The second kappa shape index (κ2) is 5.88. The third kappa shape index (κ3) is 3.18. The summed E-state index contributed by atoms with van der Waals surface area (Å²) in [4.78, 5) is 12.1. The maximum absolute atomic E-state index is 12.1. The summed E-state index contributed by atoms with van der Waals surface area (Å²) in [6, 6.07) is 12.3. The second-order valence-electron chi connectivity index (χ2n) is 5.36. The van der Waals surface area contributed by atoms with Crippen LogP contribution in [0.3, 0.4) is 0 Å². The zero-order valence-corrected chi connectivity index (χ0v) is 12.6. The maximum Gasteiger partial charge on any atom is 0.319 e. The number of urea groups is 1. The van der Waals surface area contributed by atoms with Gasteiger partial charge in [-0.25, -0.2) is 4.79 Å². The number of aromatic nitrogens is 2. The largest absolute Gasteiger partial charge is 0.399 e. The van der Waals surface area contributed by atoms with Gasteiger partial charge in [0, 0.05) is 16.8 Å². The number of H-pyrrole nitrogens is 1. The normalized spacial score (nSPS) is 12.0. The monoisotopic (exact) mass is 310 g/mol. The molecule has 1 atom stereocenters. The molecule has 2 amide bonds. The van der Waals surface area contributed by atoms with Gasteiger partial charge in [-0.05, 0) is 42.8 Å². The summed E-state index contributed by atoms with van der Waals surface area (Å²) in [7, 11) is 0. The summed E-state index contributed by atoms with van der Waals surface area (Å²) in [5.74, 6) is 0.400. The number of anilines is 3. The van der Waals surface area contributed by atoms with E-state index < -0.39 is 0 Å². The Morgan fingerprint density at radius 1 is 1.22 bits per heavy atom. The van der Waals surface area contributed by atoms with E-state index in [9.17, 15) is 4.79 Å². The van der Waals surface area contributed by atoms with Crippen LogP contribution in [0.1, 0.15) is 18.5 Å². The molecule has 0 aliphatic heterocycles. The van der Waals surface area contributed by atoms with Crippen LogP contribution in [0.5, 0.6) is 0 Å². The molecular weight excluding hydrogens is 292 g/mol. The minimum Gasteiger partial charge on any atom is -0.399 e. The van der Waals surface area contributed by atoms with Gasteiger partial charge in [0.2, 0.25) is 0 Å². The Balaban J connectivity index is 1.69. The van der Waals surface area contributed by atoms with Gasteiger partial charge in [-0.2, -0.15) is 5.10 Å². The van der Waals surface area contributed by atoms with E-state index in [1.165, 1.54) is 0 Å². The summed E-state index contributed by atoms with van der Waals surface area (Å²) in [5.41, 5.74) is 14.6. The second-order valence-corrected chi connectivity index (χ2v) is 5.36. The zero-order valence-electron chi connectivity index (χ0n) is 12.6. The van der Waals surface area contributed by atoms with Crippen LogP contribution in [0.4, 0.5) is 22.0 Å². The molecule has 0 saturated heterocycles. The Labute approximate surface area is 133 Å². The van der Waals surface area contributed by atoms with Crippen molar-refractivity contribution in [1.82, 2.24) is 15.5 Å². The van der Waals surface area contributed by atoms with Crippen molar-refractivity contribution in [3.63, 3.8) is 0 Å². The number of benzene rings is 2. The Hall–Kier alpha value is -3.22. The van der Waals surface area contributed by atoms with Crippen LogP contribution in [0.15, 0.2) is 42.5 Å². The van der Waals surface area contributed by atoms with Gasteiger partial charge in [0.15, 0.2) is 5.82 Å². The number of fused-ring (bicyclic) bond motifs is 1. The van der Waals surface area contributed by atoms with Crippen molar-refractivity contribution in [3.8, 4) is 0 Å². The van der Waals surface area contributed by atoms with Crippen LogP contribution in [0.2, 0.25) is 0 Å². The van der Waals surface area contributed by atoms with Gasteiger partial charge in [-0.3, -0.25) is 5.10 Å². The number of nitrogens with zero attached hydrogens (tertiary/aromatic N) is 1. The first kappa shape index (κ1) is 14.7. The number of nitrogen functional groups attached to an aromatic ring is 2. The van der Waals surface area contributed by atoms with E-state index in [2.05, 4.69) is 20.8 Å². The highest BCUT2D eigenvalue weighted by molar-refractivity contribution is 5.95. The molecule has 1 heterocycles. The Morgan fingerprint density at radius 2 is 2.04 bits per heavy atom. The molecule has 0 bridgehead atoms. The van der Waals surface area contributed by atoms with Gasteiger partial charge in [0.1, 0.15) is 0 Å². The van der Waals surface area contributed by atoms with Crippen LogP contribution >= 0.6 is 0 Å². The lowest BCUT2D eigenvalue weighted by Crippen LogP contribution is -2.31. The molecule has 0 fully saturated rings. The molecule has 23 heavy (non-hydrogen) atoms. The molecule has 7 nitrogen and oxygen atoms in total. The number of nitrogens with two attached hydrogens (primary N) is 2. The lowest BCUT2D eigenvalue weighted by molar-refractivity contribution is 0.249. The van der Waals surface area contributed by atoms with Crippen molar-refractivity contribution in [2.24, 2.45) is 0 Å². The van der Waals surface area contributed by atoms with E-state index in [0.717, 1.165) is 16.5 Å². The molecule has 0 aliphatic carbocycles. The number of hydrogen-bond donors (Lipinski definition) is 5. The highest BCUT2D eigenvalue weighted by atomic mass is 16.2. The Morgan fingerprint density at radius 3 is 2.83 bits per heavy atom. The molecule has 0 aliphatic rings. The molecule has 0 saturated carbocycles. The molecule has 3 aromatic rings. The predicted molar refractivity (Wildman–Crippen MR) is 91.9 cm³/mol. The quantitative estimate of drug-likeness (QED) is 0.477. The number of amides is 2. The average molecular weight is 310 g/mol. The topological polar surface area (TPSA) is 122 Å². The van der Waals surface area contributed by atoms with Crippen molar-refractivity contribution in [3.05, 3.63) is 48.0 Å². The number of aromatic amines is 1. The standard InChI is InChI=1S/C16H18N6O/c1-9(10-3-2-4-11(17)7-10)19-16(23)20-12-5-6-14-13(8-12)15(18)22-21-14/h2-9H,17H2,1H3,(H3,18,21,22)(H2,19,20,23)/t9-/m0/s1. The van der Waals surface area contributed by atoms with Crippen LogP contribution < -0.4 is 22.1 Å². The number of hydrogen-bond acceptors (Lipinski definition) is 4. The summed E-state index contributed by atoms with van der Waals surface area (Å²) >= 11 is 0. The lowest BCUT2D eigenvalue weighted by atomic mass is 10.1. The average Bonchev–Trinajstić information content (AvgIpc) is 2.88. The lowest BCUT2D eigenvalue weighted by Gasteiger charge is -2.15.